The second-order valence-corrected chi connectivity index (χ2v) is 6.52. The predicted molar refractivity (Wildman–Crippen MR) is 104 cm³/mol. The number of hydrogen-bond donors (Lipinski definition) is 1. The SMILES string of the molecule is Fc1ccccc1CCNCc1cccc(OCc2ccc(Cl)cc2)c1. The molecular formula is C22H21ClFNO. The Bertz CT molecular complexity index is 836. The Kier molecular flexibility index (Phi) is 6.64. The van der Waals surface area contributed by atoms with Crippen LogP contribution in [0, 0.1) is 5.82 Å². The fraction of sp³-hybridized carbons (Fsp3) is 0.182. The number of rotatable bonds is 8. The summed E-state index contributed by atoms with van der Waals surface area (Å²) in [5.41, 5.74) is 2.94. The molecule has 4 heteroatoms. The third kappa shape index (κ3) is 5.58. The van der Waals surface area contributed by atoms with E-state index in [-0.39, 0.29) is 5.82 Å². The molecule has 0 saturated heterocycles. The van der Waals surface area contributed by atoms with E-state index in [0.717, 1.165) is 34.0 Å². The number of nitrogens with one attached hydrogen (secondary N) is 1. The molecule has 0 bridgehead atoms. The first-order valence-corrected chi connectivity index (χ1v) is 8.99. The van der Waals surface area contributed by atoms with E-state index in [9.17, 15) is 4.39 Å². The van der Waals surface area contributed by atoms with E-state index in [0.29, 0.717) is 19.6 Å². The summed E-state index contributed by atoms with van der Waals surface area (Å²) >= 11 is 5.89. The molecule has 0 aliphatic rings. The van der Waals surface area contributed by atoms with Crippen molar-refractivity contribution >= 4 is 11.6 Å². The molecule has 0 aliphatic carbocycles. The second-order valence-electron chi connectivity index (χ2n) is 6.08. The van der Waals surface area contributed by atoms with E-state index in [4.69, 9.17) is 16.3 Å². The highest BCUT2D eigenvalue weighted by Gasteiger charge is 2.01. The van der Waals surface area contributed by atoms with Gasteiger partial charge in [0.1, 0.15) is 18.2 Å². The first kappa shape index (κ1) is 18.4. The van der Waals surface area contributed by atoms with Gasteiger partial charge in [-0.25, -0.2) is 4.39 Å². The maximum Gasteiger partial charge on any atom is 0.126 e. The van der Waals surface area contributed by atoms with Crippen LogP contribution in [0.4, 0.5) is 4.39 Å². The van der Waals surface area contributed by atoms with Crippen molar-refractivity contribution in [1.82, 2.24) is 5.32 Å². The highest BCUT2D eigenvalue weighted by Crippen LogP contribution is 2.16. The standard InChI is InChI=1S/C22H21ClFNO/c23-20-10-8-17(9-11-20)16-26-21-6-3-4-18(14-21)15-25-13-12-19-5-1-2-7-22(19)24/h1-11,14,25H,12-13,15-16H2. The lowest BCUT2D eigenvalue weighted by Gasteiger charge is -2.09. The van der Waals surface area contributed by atoms with Gasteiger partial charge in [0.25, 0.3) is 0 Å². The first-order chi connectivity index (χ1) is 12.7. The Morgan fingerprint density at radius 3 is 2.50 bits per heavy atom. The Morgan fingerprint density at radius 1 is 0.885 bits per heavy atom. The van der Waals surface area contributed by atoms with Gasteiger partial charge < -0.3 is 10.1 Å². The number of hydrogen-bond acceptors (Lipinski definition) is 2. The van der Waals surface area contributed by atoms with Crippen molar-refractivity contribution in [2.75, 3.05) is 6.54 Å². The average molecular weight is 370 g/mol. The van der Waals surface area contributed by atoms with Crippen molar-refractivity contribution in [1.29, 1.82) is 0 Å². The highest BCUT2D eigenvalue weighted by molar-refractivity contribution is 6.30. The predicted octanol–water partition coefficient (Wildman–Crippen LogP) is 5.39. The van der Waals surface area contributed by atoms with Gasteiger partial charge in [0.05, 0.1) is 0 Å². The minimum absolute atomic E-state index is 0.146. The van der Waals surface area contributed by atoms with E-state index in [1.165, 1.54) is 6.07 Å². The fourth-order valence-corrected chi connectivity index (χ4v) is 2.78. The van der Waals surface area contributed by atoms with Gasteiger partial charge in [0, 0.05) is 11.6 Å². The van der Waals surface area contributed by atoms with Crippen molar-refractivity contribution in [3.63, 3.8) is 0 Å². The van der Waals surface area contributed by atoms with Crippen molar-refractivity contribution in [2.45, 2.75) is 19.6 Å². The zero-order valence-electron chi connectivity index (χ0n) is 14.4. The van der Waals surface area contributed by atoms with Gasteiger partial charge in [0.15, 0.2) is 0 Å². The van der Waals surface area contributed by atoms with Crippen LogP contribution >= 0.6 is 11.6 Å². The topological polar surface area (TPSA) is 21.3 Å². The zero-order chi connectivity index (χ0) is 18.2. The monoisotopic (exact) mass is 369 g/mol. The molecule has 3 aromatic rings. The molecule has 134 valence electrons. The van der Waals surface area contributed by atoms with Crippen molar-refractivity contribution in [3.8, 4) is 5.75 Å². The zero-order valence-corrected chi connectivity index (χ0v) is 15.2. The molecule has 0 unspecified atom stereocenters. The summed E-state index contributed by atoms with van der Waals surface area (Å²) in [6.07, 6.45) is 0.666. The molecule has 0 spiro atoms. The molecule has 26 heavy (non-hydrogen) atoms. The highest BCUT2D eigenvalue weighted by atomic mass is 35.5. The molecule has 0 atom stereocenters. The van der Waals surface area contributed by atoms with Crippen LogP contribution in [0.3, 0.4) is 0 Å². The third-order valence-corrected chi connectivity index (χ3v) is 4.33. The van der Waals surface area contributed by atoms with Crippen LogP contribution in [0.2, 0.25) is 5.02 Å². The molecule has 0 saturated carbocycles. The molecule has 0 amide bonds. The average Bonchev–Trinajstić information content (AvgIpc) is 2.66. The van der Waals surface area contributed by atoms with Gasteiger partial charge in [0.2, 0.25) is 0 Å². The second kappa shape index (κ2) is 9.37. The van der Waals surface area contributed by atoms with Crippen LogP contribution in [-0.4, -0.2) is 6.54 Å². The number of halogens is 2. The lowest BCUT2D eigenvalue weighted by molar-refractivity contribution is 0.306. The van der Waals surface area contributed by atoms with Crippen LogP contribution in [0.5, 0.6) is 5.75 Å². The van der Waals surface area contributed by atoms with Gasteiger partial charge >= 0.3 is 0 Å². The molecule has 0 fully saturated rings. The van der Waals surface area contributed by atoms with Crippen molar-refractivity contribution < 1.29 is 9.13 Å². The summed E-state index contributed by atoms with van der Waals surface area (Å²) < 4.78 is 19.4. The van der Waals surface area contributed by atoms with E-state index in [2.05, 4.69) is 5.32 Å². The molecular weight excluding hydrogens is 349 g/mol. The first-order valence-electron chi connectivity index (χ1n) is 8.61. The molecule has 0 radical (unpaired) electrons. The van der Waals surface area contributed by atoms with Gasteiger partial charge in [-0.3, -0.25) is 0 Å². The van der Waals surface area contributed by atoms with E-state index < -0.39 is 0 Å². The Balaban J connectivity index is 1.46. The molecule has 1 N–H and O–H groups in total. The summed E-state index contributed by atoms with van der Waals surface area (Å²) in [4.78, 5) is 0. The molecule has 0 aromatic heterocycles. The lowest BCUT2D eigenvalue weighted by atomic mass is 10.1. The van der Waals surface area contributed by atoms with E-state index in [1.54, 1.807) is 6.07 Å². The minimum atomic E-state index is -0.146. The maximum absolute atomic E-state index is 13.6. The normalized spacial score (nSPS) is 10.7. The molecule has 3 rings (SSSR count). The number of benzene rings is 3. The fourth-order valence-electron chi connectivity index (χ4n) is 2.65. The van der Waals surface area contributed by atoms with Gasteiger partial charge in [-0.1, -0.05) is 54.1 Å². The molecule has 0 aliphatic heterocycles. The minimum Gasteiger partial charge on any atom is -0.489 e. The van der Waals surface area contributed by atoms with Gasteiger partial charge in [-0.05, 0) is 60.0 Å². The summed E-state index contributed by atoms with van der Waals surface area (Å²) in [5.74, 6) is 0.681. The Hall–Kier alpha value is -2.36. The van der Waals surface area contributed by atoms with Crippen molar-refractivity contribution in [2.24, 2.45) is 0 Å². The number of ether oxygens (including phenoxy) is 1. The maximum atomic E-state index is 13.6. The summed E-state index contributed by atoms with van der Waals surface area (Å²) in [6.45, 7) is 1.94. The van der Waals surface area contributed by atoms with Crippen LogP contribution < -0.4 is 10.1 Å². The van der Waals surface area contributed by atoms with Crippen LogP contribution in [-0.2, 0) is 19.6 Å². The van der Waals surface area contributed by atoms with Crippen LogP contribution in [0.15, 0.2) is 72.8 Å². The molecule has 2 nitrogen and oxygen atoms in total. The lowest BCUT2D eigenvalue weighted by Crippen LogP contribution is -2.17. The van der Waals surface area contributed by atoms with Gasteiger partial charge in [-0.15, -0.1) is 0 Å². The molecule has 3 aromatic carbocycles. The summed E-state index contributed by atoms with van der Waals surface area (Å²) in [7, 11) is 0. The quantitative estimate of drug-likeness (QED) is 0.537. The Morgan fingerprint density at radius 2 is 1.69 bits per heavy atom. The largest absolute Gasteiger partial charge is 0.489 e. The summed E-state index contributed by atoms with van der Waals surface area (Å²) in [5, 5.41) is 4.07. The third-order valence-electron chi connectivity index (χ3n) is 4.08. The smallest absolute Gasteiger partial charge is 0.126 e. The molecule has 0 heterocycles. The Labute approximate surface area is 158 Å². The van der Waals surface area contributed by atoms with E-state index >= 15 is 0 Å². The van der Waals surface area contributed by atoms with Gasteiger partial charge in [-0.2, -0.15) is 0 Å². The van der Waals surface area contributed by atoms with Crippen molar-refractivity contribution in [3.05, 3.63) is 100 Å². The van der Waals surface area contributed by atoms with Crippen LogP contribution in [0.1, 0.15) is 16.7 Å². The van der Waals surface area contributed by atoms with Crippen LogP contribution in [0.25, 0.3) is 0 Å². The summed E-state index contributed by atoms with van der Waals surface area (Å²) in [6, 6.07) is 22.5. The van der Waals surface area contributed by atoms with E-state index in [1.807, 2.05) is 60.7 Å².